The van der Waals surface area contributed by atoms with Gasteiger partial charge < -0.3 is 40.1 Å². The molecule has 0 bridgehead atoms. The van der Waals surface area contributed by atoms with Crippen molar-refractivity contribution in [1.82, 2.24) is 0 Å². The third kappa shape index (κ3) is 6.28. The van der Waals surface area contributed by atoms with E-state index in [0.717, 1.165) is 11.6 Å². The molecule has 3 aromatic rings. The number of Topliss-reactive ketones (excluding diaryl/α,β-unsaturated/α-hetero) is 1. The summed E-state index contributed by atoms with van der Waals surface area (Å²) in [7, 11) is 0. The van der Waals surface area contributed by atoms with Gasteiger partial charge in [0.2, 0.25) is 6.29 Å². The molecule has 0 aliphatic carbocycles. The lowest BCUT2D eigenvalue weighted by molar-refractivity contribution is -0.315. The molecule has 4 rings (SSSR count). The molecule has 0 saturated carbocycles. The molecule has 5 atom stereocenters. The first-order valence-corrected chi connectivity index (χ1v) is 14.0. The molecular weight excluding hydrogens is 544 g/mol. The number of aromatic carboxylic acids is 1. The summed E-state index contributed by atoms with van der Waals surface area (Å²) in [5.74, 6) is -2.10. The number of carboxylic acids is 1. The van der Waals surface area contributed by atoms with Gasteiger partial charge in [0.15, 0.2) is 5.78 Å². The number of ketones is 1. The minimum atomic E-state index is -1.97. The first kappa shape index (κ1) is 31.4. The second-order valence-electron chi connectivity index (χ2n) is 11.4. The van der Waals surface area contributed by atoms with Crippen molar-refractivity contribution in [2.75, 3.05) is 6.61 Å². The highest BCUT2D eigenvalue weighted by Crippen LogP contribution is 2.42. The third-order valence-electron chi connectivity index (χ3n) is 7.88. The van der Waals surface area contributed by atoms with Gasteiger partial charge in [0, 0.05) is 6.42 Å². The van der Waals surface area contributed by atoms with Gasteiger partial charge in [-0.05, 0) is 60.7 Å². The average Bonchev–Trinajstić information content (AvgIpc) is 2.95. The van der Waals surface area contributed by atoms with Crippen LogP contribution in [0.1, 0.15) is 65.0 Å². The number of rotatable bonds is 11. The van der Waals surface area contributed by atoms with Gasteiger partial charge in [0.1, 0.15) is 35.4 Å². The number of aliphatic hydroxyl groups excluding tert-OH is 3. The van der Waals surface area contributed by atoms with Gasteiger partial charge in [0.25, 0.3) is 0 Å². The van der Waals surface area contributed by atoms with Crippen LogP contribution < -0.4 is 4.74 Å². The van der Waals surface area contributed by atoms with Crippen LogP contribution in [0.2, 0.25) is 0 Å². The Bertz CT molecular complexity index is 1430. The van der Waals surface area contributed by atoms with Gasteiger partial charge in [-0.3, -0.25) is 4.79 Å². The molecule has 1 saturated heterocycles. The quantitative estimate of drug-likeness (QED) is 0.184. The van der Waals surface area contributed by atoms with E-state index in [9.17, 15) is 40.2 Å². The normalized spacial score (nSPS) is 24.2. The highest BCUT2D eigenvalue weighted by atomic mass is 16.7. The molecule has 1 aliphatic rings. The predicted octanol–water partition coefficient (Wildman–Crippen LogP) is 3.35. The van der Waals surface area contributed by atoms with Gasteiger partial charge in [-0.1, -0.05) is 50.2 Å². The van der Waals surface area contributed by atoms with E-state index in [1.54, 1.807) is 13.0 Å². The Morgan fingerprint density at radius 3 is 2.40 bits per heavy atom. The zero-order chi connectivity index (χ0) is 30.8. The number of aryl methyl sites for hydroxylation is 2. The van der Waals surface area contributed by atoms with Gasteiger partial charge >= 0.3 is 5.97 Å². The van der Waals surface area contributed by atoms with E-state index in [1.807, 2.05) is 44.2 Å². The Hall–Kier alpha value is -3.54. The van der Waals surface area contributed by atoms with Gasteiger partial charge in [-0.25, -0.2) is 4.79 Å². The summed E-state index contributed by atoms with van der Waals surface area (Å²) in [5, 5.41) is 64.4. The highest BCUT2D eigenvalue weighted by molar-refractivity contribution is 6.09. The highest BCUT2D eigenvalue weighted by Gasteiger charge is 2.55. The Morgan fingerprint density at radius 2 is 1.79 bits per heavy atom. The number of fused-ring (bicyclic) bond motifs is 1. The van der Waals surface area contributed by atoms with E-state index in [-0.39, 0.29) is 52.2 Å². The molecule has 3 aromatic carbocycles. The van der Waals surface area contributed by atoms with E-state index in [1.165, 1.54) is 6.07 Å². The van der Waals surface area contributed by atoms with Crippen molar-refractivity contribution in [1.29, 1.82) is 0 Å². The molecule has 0 spiro atoms. The number of hydrogen-bond acceptors (Lipinski definition) is 9. The number of aliphatic hydroxyl groups is 4. The van der Waals surface area contributed by atoms with Crippen molar-refractivity contribution in [2.24, 2.45) is 5.92 Å². The van der Waals surface area contributed by atoms with Crippen molar-refractivity contribution in [3.63, 3.8) is 0 Å². The monoisotopic (exact) mass is 582 g/mol. The Balaban J connectivity index is 1.72. The number of carbonyl (C=O) groups excluding carboxylic acids is 1. The fourth-order valence-electron chi connectivity index (χ4n) is 5.47. The number of phenols is 1. The fourth-order valence-corrected chi connectivity index (χ4v) is 5.47. The van der Waals surface area contributed by atoms with Gasteiger partial charge in [0.05, 0.1) is 23.1 Å². The fraction of sp³-hybridized carbons (Fsp3) is 0.438. The van der Waals surface area contributed by atoms with Crippen molar-refractivity contribution in [3.8, 4) is 11.5 Å². The van der Waals surface area contributed by atoms with Crippen molar-refractivity contribution in [3.05, 3.63) is 70.8 Å². The molecule has 1 aliphatic heterocycles. The Morgan fingerprint density at radius 1 is 1.10 bits per heavy atom. The molecule has 42 heavy (non-hydrogen) atoms. The van der Waals surface area contributed by atoms with Crippen LogP contribution >= 0.6 is 0 Å². The SMILES string of the molecule is Cc1cc2cc(C(=O)O)cc(OC3OC(CO)C(O)(CCC(C)C)C(O)C3O)c2c(O)c1C(=O)CCc1ccccc1. The molecular formula is C32H38O10. The summed E-state index contributed by atoms with van der Waals surface area (Å²) in [6.07, 6.45) is -5.49. The summed E-state index contributed by atoms with van der Waals surface area (Å²) in [5.41, 5.74) is -0.731. The maximum absolute atomic E-state index is 13.3. The minimum absolute atomic E-state index is 0.0140. The van der Waals surface area contributed by atoms with Crippen LogP contribution in [0.5, 0.6) is 11.5 Å². The Kier molecular flexibility index (Phi) is 9.54. The van der Waals surface area contributed by atoms with Crippen molar-refractivity contribution < 1.29 is 49.7 Å². The van der Waals surface area contributed by atoms with Crippen LogP contribution in [-0.4, -0.2) is 79.2 Å². The van der Waals surface area contributed by atoms with E-state index < -0.39 is 48.5 Å². The Labute approximate surface area is 243 Å². The van der Waals surface area contributed by atoms with Crippen LogP contribution in [0, 0.1) is 12.8 Å². The lowest BCUT2D eigenvalue weighted by atomic mass is 9.79. The van der Waals surface area contributed by atoms with Crippen LogP contribution in [0.4, 0.5) is 0 Å². The van der Waals surface area contributed by atoms with E-state index in [2.05, 4.69) is 0 Å². The summed E-state index contributed by atoms with van der Waals surface area (Å²) in [4.78, 5) is 25.2. The number of carboxylic acid groups (broad SMARTS) is 1. The number of ether oxygens (including phenoxy) is 2. The zero-order valence-electron chi connectivity index (χ0n) is 23.9. The van der Waals surface area contributed by atoms with Crippen LogP contribution in [0.15, 0.2) is 48.5 Å². The van der Waals surface area contributed by atoms with Crippen LogP contribution in [0.25, 0.3) is 10.8 Å². The first-order valence-electron chi connectivity index (χ1n) is 14.0. The molecule has 5 unspecified atom stereocenters. The topological polar surface area (TPSA) is 174 Å². The van der Waals surface area contributed by atoms with E-state index >= 15 is 0 Å². The van der Waals surface area contributed by atoms with Gasteiger partial charge in [-0.15, -0.1) is 0 Å². The number of benzene rings is 3. The molecule has 10 heteroatoms. The summed E-state index contributed by atoms with van der Waals surface area (Å²) < 4.78 is 11.6. The molecule has 1 fully saturated rings. The number of aromatic hydroxyl groups is 1. The molecule has 226 valence electrons. The number of phenolic OH excluding ortho intramolecular Hbond substituents is 1. The molecule has 0 aromatic heterocycles. The van der Waals surface area contributed by atoms with Crippen LogP contribution in [-0.2, 0) is 11.2 Å². The first-order chi connectivity index (χ1) is 19.9. The van der Waals surface area contributed by atoms with Crippen molar-refractivity contribution >= 4 is 22.5 Å². The maximum atomic E-state index is 13.3. The molecule has 0 amide bonds. The zero-order valence-corrected chi connectivity index (χ0v) is 23.9. The largest absolute Gasteiger partial charge is 0.506 e. The van der Waals surface area contributed by atoms with Crippen molar-refractivity contribution in [2.45, 2.75) is 76.7 Å². The second-order valence-corrected chi connectivity index (χ2v) is 11.4. The average molecular weight is 583 g/mol. The maximum Gasteiger partial charge on any atom is 0.335 e. The number of carbonyl (C=O) groups is 2. The summed E-state index contributed by atoms with van der Waals surface area (Å²) >= 11 is 0. The summed E-state index contributed by atoms with van der Waals surface area (Å²) in [6, 6.07) is 13.4. The summed E-state index contributed by atoms with van der Waals surface area (Å²) in [6.45, 7) is 4.78. The number of hydrogen-bond donors (Lipinski definition) is 6. The molecule has 1 heterocycles. The molecule has 6 N–H and O–H groups in total. The lowest BCUT2D eigenvalue weighted by Gasteiger charge is -2.48. The molecule has 0 radical (unpaired) electrons. The molecule has 10 nitrogen and oxygen atoms in total. The van der Waals surface area contributed by atoms with E-state index in [0.29, 0.717) is 18.4 Å². The smallest absolute Gasteiger partial charge is 0.335 e. The minimum Gasteiger partial charge on any atom is -0.506 e. The van der Waals surface area contributed by atoms with Crippen LogP contribution in [0.3, 0.4) is 0 Å². The van der Waals surface area contributed by atoms with E-state index in [4.69, 9.17) is 9.47 Å². The standard InChI is InChI=1S/C32H38O10/c1-17(2)11-12-32(40)24(16-33)42-31(28(36)29(32)37)41-23-15-21(30(38)39)14-20-13-18(3)25(27(35)26(20)23)22(34)10-9-19-7-5-4-6-8-19/h4-8,13-15,17,24,28-29,31,33,35-37,40H,9-12,16H2,1-3H3,(H,38,39). The van der Waals surface area contributed by atoms with Gasteiger partial charge in [-0.2, -0.15) is 0 Å². The lowest BCUT2D eigenvalue weighted by Crippen LogP contribution is -2.67. The predicted molar refractivity (Wildman–Crippen MR) is 154 cm³/mol. The third-order valence-corrected chi connectivity index (χ3v) is 7.88. The second kappa shape index (κ2) is 12.8.